The van der Waals surface area contributed by atoms with Gasteiger partial charge < -0.3 is 4.90 Å². The molecule has 0 amide bonds. The van der Waals surface area contributed by atoms with Gasteiger partial charge in [0, 0.05) is 20.6 Å². The number of aromatic nitrogens is 2. The van der Waals surface area contributed by atoms with Crippen LogP contribution >= 0.6 is 0 Å². The molecule has 1 aliphatic heterocycles. The summed E-state index contributed by atoms with van der Waals surface area (Å²) in [5, 5.41) is 2.02. The Morgan fingerprint density at radius 1 is 1.37 bits per heavy atom. The lowest BCUT2D eigenvalue weighted by molar-refractivity contribution is -0.141. The van der Waals surface area contributed by atoms with E-state index in [1.807, 2.05) is 17.0 Å². The molecule has 1 aliphatic rings. The number of allylic oxidation sites excluding steroid dienone is 1. The second-order valence-electron chi connectivity index (χ2n) is 4.52. The summed E-state index contributed by atoms with van der Waals surface area (Å²) >= 11 is 0. The number of nitrogens with zero attached hydrogens (tertiary/aromatic N) is 2. The molecule has 4 nitrogen and oxygen atoms in total. The van der Waals surface area contributed by atoms with E-state index >= 15 is 0 Å². The number of aryl methyl sites for hydroxylation is 1. The molecule has 0 bridgehead atoms. The summed E-state index contributed by atoms with van der Waals surface area (Å²) in [5.74, 6) is 0. The number of aromatic amines is 1. The highest BCUT2D eigenvalue weighted by atomic mass is 19.4. The maximum Gasteiger partial charge on any atom is 0.433 e. The molecule has 0 atom stereocenters. The third-order valence-corrected chi connectivity index (χ3v) is 3.12. The topological polar surface area (TPSA) is 41.0 Å². The molecule has 2 heterocycles. The van der Waals surface area contributed by atoms with Crippen molar-refractivity contribution in [2.24, 2.45) is 7.05 Å². The van der Waals surface area contributed by atoms with Crippen LogP contribution in [0.1, 0.15) is 24.1 Å². The fourth-order valence-corrected chi connectivity index (χ4v) is 2.06. The number of halogens is 3. The van der Waals surface area contributed by atoms with Gasteiger partial charge in [0.25, 0.3) is 5.56 Å². The lowest BCUT2D eigenvalue weighted by Gasteiger charge is -2.09. The molecular weight excluding hydrogens is 259 g/mol. The van der Waals surface area contributed by atoms with Gasteiger partial charge in [0.15, 0.2) is 0 Å². The predicted molar refractivity (Wildman–Crippen MR) is 64.4 cm³/mol. The average molecular weight is 273 g/mol. The Bertz CT molecular complexity index is 603. The van der Waals surface area contributed by atoms with Crippen molar-refractivity contribution in [2.45, 2.75) is 19.0 Å². The summed E-state index contributed by atoms with van der Waals surface area (Å²) in [4.78, 5) is 13.6. The van der Waals surface area contributed by atoms with Gasteiger partial charge in [0.2, 0.25) is 0 Å². The Morgan fingerprint density at radius 2 is 2.05 bits per heavy atom. The Labute approximate surface area is 107 Å². The lowest BCUT2D eigenvalue weighted by Crippen LogP contribution is -2.13. The van der Waals surface area contributed by atoms with Crippen LogP contribution in [0.2, 0.25) is 0 Å². The van der Waals surface area contributed by atoms with Crippen LogP contribution in [-0.2, 0) is 13.2 Å². The second kappa shape index (κ2) is 4.66. The zero-order valence-electron chi connectivity index (χ0n) is 10.6. The van der Waals surface area contributed by atoms with E-state index in [4.69, 9.17) is 0 Å². The average Bonchev–Trinajstić information content (AvgIpc) is 2.82. The molecule has 1 aromatic rings. The highest BCUT2D eigenvalue weighted by molar-refractivity contribution is 5.51. The highest BCUT2D eigenvalue weighted by Gasteiger charge is 2.36. The standard InChI is InChI=1S/C12H14F3N3O/c1-17-7-3-4-8(17)5-6-9-10(12(13,14)15)16-18(2)11(9)19/h6,16H,3-4,7H2,1-2H3. The molecule has 0 saturated carbocycles. The van der Waals surface area contributed by atoms with Crippen LogP contribution in [0.4, 0.5) is 13.2 Å². The van der Waals surface area contributed by atoms with Gasteiger partial charge in [-0.3, -0.25) is 14.6 Å². The Kier molecular flexibility index (Phi) is 3.32. The number of hydrogen-bond acceptors (Lipinski definition) is 2. The van der Waals surface area contributed by atoms with Crippen molar-refractivity contribution >= 4 is 6.08 Å². The van der Waals surface area contributed by atoms with Gasteiger partial charge in [-0.15, -0.1) is 0 Å². The predicted octanol–water partition coefficient (Wildman–Crippen LogP) is 1.95. The minimum absolute atomic E-state index is 0.400. The minimum atomic E-state index is -4.58. The fourth-order valence-electron chi connectivity index (χ4n) is 2.06. The van der Waals surface area contributed by atoms with Gasteiger partial charge in [0.05, 0.1) is 11.3 Å². The molecular formula is C12H14F3N3O. The number of H-pyrrole nitrogens is 1. The molecule has 104 valence electrons. The van der Waals surface area contributed by atoms with E-state index in [9.17, 15) is 18.0 Å². The molecule has 7 heteroatoms. The first-order chi connectivity index (χ1) is 8.80. The van der Waals surface area contributed by atoms with Gasteiger partial charge in [-0.05, 0) is 18.9 Å². The fraction of sp³-hybridized carbons (Fsp3) is 0.500. The molecule has 0 radical (unpaired) electrons. The van der Waals surface area contributed by atoms with E-state index in [1.165, 1.54) is 7.05 Å². The van der Waals surface area contributed by atoms with E-state index in [2.05, 4.69) is 5.73 Å². The van der Waals surface area contributed by atoms with E-state index in [-0.39, 0.29) is 0 Å². The quantitative estimate of drug-likeness (QED) is 0.795. The van der Waals surface area contributed by atoms with Crippen LogP contribution in [0.15, 0.2) is 16.2 Å². The van der Waals surface area contributed by atoms with Crippen LogP contribution < -0.4 is 5.56 Å². The first kappa shape index (κ1) is 13.5. The SMILES string of the molecule is CN1CCCC1=C=Cc1c(C(F)(F)F)[nH]n(C)c1=O. The first-order valence-corrected chi connectivity index (χ1v) is 5.83. The van der Waals surface area contributed by atoms with Crippen molar-refractivity contribution in [1.82, 2.24) is 14.7 Å². The summed E-state index contributed by atoms with van der Waals surface area (Å²) in [6.45, 7) is 0.855. The van der Waals surface area contributed by atoms with Crippen LogP contribution in [0.3, 0.4) is 0 Å². The van der Waals surface area contributed by atoms with Gasteiger partial charge in [-0.2, -0.15) is 13.2 Å². The second-order valence-corrected chi connectivity index (χ2v) is 4.52. The van der Waals surface area contributed by atoms with Gasteiger partial charge >= 0.3 is 6.18 Å². The van der Waals surface area contributed by atoms with Gasteiger partial charge in [-0.25, -0.2) is 0 Å². The molecule has 19 heavy (non-hydrogen) atoms. The van der Waals surface area contributed by atoms with Crippen LogP contribution in [0.25, 0.3) is 6.08 Å². The van der Waals surface area contributed by atoms with Crippen LogP contribution in [0, 0.1) is 0 Å². The maximum absolute atomic E-state index is 12.8. The van der Waals surface area contributed by atoms with E-state index in [0.29, 0.717) is 0 Å². The zero-order valence-corrected chi connectivity index (χ0v) is 10.6. The number of hydrogen-bond donors (Lipinski definition) is 1. The number of alkyl halides is 3. The van der Waals surface area contributed by atoms with E-state index < -0.39 is 23.0 Å². The van der Waals surface area contributed by atoms with Gasteiger partial charge in [0.1, 0.15) is 5.69 Å². The summed E-state index contributed by atoms with van der Waals surface area (Å²) in [5.41, 5.74) is 1.47. The van der Waals surface area contributed by atoms with Crippen molar-refractivity contribution in [2.75, 3.05) is 13.6 Å². The molecule has 1 saturated heterocycles. The Morgan fingerprint density at radius 3 is 2.58 bits per heavy atom. The summed E-state index contributed by atoms with van der Waals surface area (Å²) in [6.07, 6.45) is -1.75. The smallest absolute Gasteiger partial charge is 0.372 e. The zero-order chi connectivity index (χ0) is 14.2. The van der Waals surface area contributed by atoms with Crippen molar-refractivity contribution in [3.63, 3.8) is 0 Å². The Hall–Kier alpha value is -1.88. The van der Waals surface area contributed by atoms with Crippen molar-refractivity contribution in [1.29, 1.82) is 0 Å². The van der Waals surface area contributed by atoms with Gasteiger partial charge in [-0.1, -0.05) is 5.73 Å². The molecule has 1 aromatic heterocycles. The molecule has 1 N–H and O–H groups in total. The minimum Gasteiger partial charge on any atom is -0.372 e. The number of nitrogens with one attached hydrogen (secondary N) is 1. The van der Waals surface area contributed by atoms with E-state index in [0.717, 1.165) is 35.8 Å². The molecule has 0 aliphatic carbocycles. The molecule has 1 fully saturated rings. The van der Waals surface area contributed by atoms with Crippen molar-refractivity contribution in [3.05, 3.63) is 33.0 Å². The third-order valence-electron chi connectivity index (χ3n) is 3.12. The maximum atomic E-state index is 12.8. The van der Waals surface area contributed by atoms with E-state index in [1.54, 1.807) is 0 Å². The van der Waals surface area contributed by atoms with Crippen LogP contribution in [0.5, 0.6) is 0 Å². The number of likely N-dealkylation sites (tertiary alicyclic amines) is 1. The van der Waals surface area contributed by atoms with Crippen molar-refractivity contribution in [3.8, 4) is 0 Å². The molecule has 0 unspecified atom stereocenters. The summed E-state index contributed by atoms with van der Waals surface area (Å²) in [7, 11) is 3.10. The summed E-state index contributed by atoms with van der Waals surface area (Å²) in [6, 6.07) is 0. The molecule has 2 rings (SSSR count). The normalized spacial score (nSPS) is 15.8. The molecule has 0 spiro atoms. The Balaban J connectivity index is 2.51. The van der Waals surface area contributed by atoms with Crippen molar-refractivity contribution < 1.29 is 13.2 Å². The highest BCUT2D eigenvalue weighted by Crippen LogP contribution is 2.29. The monoisotopic (exact) mass is 273 g/mol. The third kappa shape index (κ3) is 2.61. The first-order valence-electron chi connectivity index (χ1n) is 5.83. The number of rotatable bonds is 1. The lowest BCUT2D eigenvalue weighted by atomic mass is 10.2. The summed E-state index contributed by atoms with van der Waals surface area (Å²) < 4.78 is 39.1. The largest absolute Gasteiger partial charge is 0.433 e. The van der Waals surface area contributed by atoms with Crippen LogP contribution in [-0.4, -0.2) is 28.3 Å². The molecule has 0 aromatic carbocycles.